The molecule has 0 bridgehead atoms. The summed E-state index contributed by atoms with van der Waals surface area (Å²) < 4.78 is 43.6. The topological polar surface area (TPSA) is 317 Å². The molecular formula is C82H126N16O14S. The number of rotatable bonds is 6. The van der Waals surface area contributed by atoms with Gasteiger partial charge in [0.05, 0.1) is 107 Å². The number of hydrogen-bond donors (Lipinski definition) is 3. The summed E-state index contributed by atoms with van der Waals surface area (Å²) in [6, 6.07) is 17.4. The molecular weight excluding hydrogens is 1470 g/mol. The number of carbonyl (C=O) groups is 6. The number of carbonyl (C=O) groups excluding carboxylic acids is 6. The Kier molecular flexibility index (Phi) is 30.7. The van der Waals surface area contributed by atoms with Gasteiger partial charge in [0.1, 0.15) is 39.9 Å². The third-order valence-corrected chi connectivity index (χ3v) is 19.1. The quantitative estimate of drug-likeness (QED) is 0.133. The predicted octanol–water partition coefficient (Wildman–Crippen LogP) is 12.8. The van der Waals surface area contributed by atoms with Crippen LogP contribution in [0.2, 0.25) is 0 Å². The molecule has 30 nitrogen and oxygen atoms in total. The minimum absolute atomic E-state index is 0.0444. The van der Waals surface area contributed by atoms with E-state index in [1.165, 1.54) is 33.5 Å². The van der Waals surface area contributed by atoms with E-state index in [2.05, 4.69) is 95.6 Å². The average molecular weight is 1590 g/mol. The number of likely N-dealkylation sites (N-methyl/N-ethyl adjacent to an activating group) is 1. The second-order valence-corrected chi connectivity index (χ2v) is 36.8. The van der Waals surface area contributed by atoms with Crippen LogP contribution in [0.4, 0.5) is 39.8 Å². The van der Waals surface area contributed by atoms with E-state index in [4.69, 9.17) is 43.6 Å². The van der Waals surface area contributed by atoms with Crippen molar-refractivity contribution in [2.24, 2.45) is 0 Å². The molecule has 5 aromatic rings. The van der Waals surface area contributed by atoms with Crippen molar-refractivity contribution in [3.05, 3.63) is 123 Å². The fourth-order valence-corrected chi connectivity index (χ4v) is 14.3. The van der Waals surface area contributed by atoms with Gasteiger partial charge in [-0.2, -0.15) is 0 Å². The van der Waals surface area contributed by atoms with E-state index in [9.17, 15) is 28.8 Å². The summed E-state index contributed by atoms with van der Waals surface area (Å²) in [4.78, 5) is 109. The highest BCUT2D eigenvalue weighted by Gasteiger charge is 2.41. The van der Waals surface area contributed by atoms with Crippen molar-refractivity contribution in [3.8, 4) is 0 Å². The molecule has 8 aliphatic rings. The predicted molar refractivity (Wildman–Crippen MR) is 433 cm³/mol. The lowest BCUT2D eigenvalue weighted by atomic mass is 9.92. The van der Waals surface area contributed by atoms with Gasteiger partial charge in [-0.1, -0.05) is 48.5 Å². The molecule has 0 aliphatic carbocycles. The Hall–Kier alpha value is -8.75. The van der Waals surface area contributed by atoms with E-state index in [1.807, 2.05) is 161 Å². The number of thiazole rings is 1. The monoisotopic (exact) mass is 1590 g/mol. The molecule has 31 heteroatoms. The molecule has 0 spiro atoms. The largest absolute Gasteiger partial charge is 0.444 e. The molecule has 113 heavy (non-hydrogen) atoms. The maximum atomic E-state index is 12.7. The van der Waals surface area contributed by atoms with Crippen molar-refractivity contribution < 1.29 is 66.7 Å². The van der Waals surface area contributed by atoms with Crippen LogP contribution in [0, 0.1) is 0 Å². The van der Waals surface area contributed by atoms with Crippen LogP contribution in [-0.2, 0) is 90.0 Å². The Labute approximate surface area is 672 Å². The molecule has 4 unspecified atom stereocenters. The number of ether oxygens (including phenoxy) is 8. The van der Waals surface area contributed by atoms with Crippen LogP contribution < -0.4 is 16.4 Å². The first-order valence-corrected chi connectivity index (χ1v) is 40.0. The Morgan fingerprint density at radius 1 is 0.540 bits per heavy atom. The minimum atomic E-state index is -0.490. The van der Waals surface area contributed by atoms with Crippen molar-refractivity contribution in [2.45, 2.75) is 254 Å². The Morgan fingerprint density at radius 2 is 1.04 bits per heavy atom. The number of nitrogens with zero attached hydrogens (tertiary/aromatic N) is 13. The van der Waals surface area contributed by atoms with Crippen molar-refractivity contribution in [1.29, 1.82) is 0 Å². The molecule has 3 saturated heterocycles. The summed E-state index contributed by atoms with van der Waals surface area (Å²) in [5.74, 6) is 0.231. The maximum absolute atomic E-state index is 12.7. The van der Waals surface area contributed by atoms with Gasteiger partial charge in [-0.05, 0) is 181 Å². The summed E-state index contributed by atoms with van der Waals surface area (Å²) in [7, 11) is 4.04. The zero-order chi connectivity index (χ0) is 83.1. The Morgan fingerprint density at radius 3 is 1.59 bits per heavy atom. The number of nitrogen functional groups attached to an aromatic ring is 1. The zero-order valence-corrected chi connectivity index (χ0v) is 71.7. The molecule has 4 atom stereocenters. The second kappa shape index (κ2) is 38.6. The highest BCUT2D eigenvalue weighted by Crippen LogP contribution is 2.37. The van der Waals surface area contributed by atoms with Gasteiger partial charge in [-0.15, -0.1) is 11.3 Å². The molecule has 8 aliphatic heterocycles. The third kappa shape index (κ3) is 28.6. The number of aromatic nitrogens is 5. The number of nitrogens with two attached hydrogens (primary N) is 1. The normalized spacial score (nSPS) is 19.2. The van der Waals surface area contributed by atoms with Crippen LogP contribution in [0.1, 0.15) is 206 Å². The smallest absolute Gasteiger partial charge is 0.411 e. The number of benzene rings is 2. The number of hydrogen-bond acceptors (Lipinski definition) is 25. The van der Waals surface area contributed by atoms with E-state index < -0.39 is 33.6 Å². The molecule has 0 saturated carbocycles. The molecule has 11 heterocycles. The Bertz CT molecular complexity index is 3960. The van der Waals surface area contributed by atoms with Crippen molar-refractivity contribution in [1.82, 2.24) is 69.4 Å². The number of amides is 6. The second-order valence-electron chi connectivity index (χ2n) is 35.7. The SMILES string of the molecule is CC(C)(C)OC(=O)N1CC2NCCOC2C1.CC(C)(C)OC(=O)N1CCc2ccccc2C1CN1CCOCC1.CC(C)(C)OC(=O)N1Cc2cnc(N)nc2C1.CC(C)(C)OC(=O)N1Cc2cncnc2C1.CC(C)Nc1nc2c(s1)CCN(C(=O)OC(C)(C)C)C2.CN(C)CC1c2ccccc2CN1C(=O)OC(C)(C)C. The molecule has 6 amide bonds. The van der Waals surface area contributed by atoms with Crippen LogP contribution in [0.25, 0.3) is 0 Å². The van der Waals surface area contributed by atoms with Gasteiger partial charge >= 0.3 is 36.6 Å². The average Bonchev–Trinajstić information content (AvgIpc) is 1.77. The molecule has 2 aromatic carbocycles. The van der Waals surface area contributed by atoms with E-state index in [1.54, 1.807) is 43.3 Å². The van der Waals surface area contributed by atoms with Gasteiger partial charge < -0.3 is 69.0 Å². The number of nitrogens with one attached hydrogen (secondary N) is 2. The van der Waals surface area contributed by atoms with Gasteiger partial charge in [-0.25, -0.2) is 53.7 Å². The highest BCUT2D eigenvalue weighted by atomic mass is 32.1. The van der Waals surface area contributed by atoms with E-state index in [0.29, 0.717) is 71.5 Å². The molecule has 0 radical (unpaired) electrons. The molecule has 3 fully saturated rings. The number of morpholine rings is 2. The van der Waals surface area contributed by atoms with Crippen molar-refractivity contribution >= 4 is 59.0 Å². The van der Waals surface area contributed by atoms with Crippen LogP contribution >= 0.6 is 11.3 Å². The fraction of sp³-hybridized carbons (Fsp3) is 0.646. The summed E-state index contributed by atoms with van der Waals surface area (Å²) in [6.07, 6.45) is 5.17. The number of likely N-dealkylation sites (tertiary alicyclic amines) is 1. The summed E-state index contributed by atoms with van der Waals surface area (Å²) in [5, 5.41) is 7.61. The standard InChI is InChI=1S/C19H28N2O3.C16H24N2O2.C14H23N3O2S.C11H16N4O2.C11H15N3O2.C11H20N2O3/c1-19(2,3)24-18(22)21-9-8-15-6-4-5-7-16(15)17(21)14-20-10-12-23-13-11-20;1-16(2,3)20-15(19)18-10-12-8-6-7-9-13(12)14(18)11-17(4)5;1-9(2)15-12-16-10-8-17(7-6-11(10)20-12)13(18)19-14(3,4)5;1-11(2,3)17-10(16)15-5-7-4-13-9(12)14-8(7)6-15;1-11(2,3)16-10(15)14-5-8-4-12-7-13-9(8)6-14;1-11(2,3)16-10(14)13-6-8-9(7-13)15-5-4-12-8/h4-7,17H,8-14H2,1-3H3;6-9,14H,10-11H2,1-5H3;9H,6-8H2,1-5H3,(H,15,16);4H,5-6H2,1-3H3,(H2,12,13,14);4,7H,5-6H2,1-3H3;8-9,12H,4-7H2,1-3H3. The Balaban J connectivity index is 0.000000171. The summed E-state index contributed by atoms with van der Waals surface area (Å²) >= 11 is 1.69. The molecule has 13 rings (SSSR count). The van der Waals surface area contributed by atoms with Crippen molar-refractivity contribution in [2.75, 3.05) is 104 Å². The van der Waals surface area contributed by atoms with Crippen LogP contribution in [0.3, 0.4) is 0 Å². The molecule has 3 aromatic heterocycles. The number of anilines is 2. The van der Waals surface area contributed by atoms with Gasteiger partial charge in [-0.3, -0.25) is 24.5 Å². The maximum Gasteiger partial charge on any atom is 0.411 e. The van der Waals surface area contributed by atoms with Crippen LogP contribution in [-0.4, -0.2) is 245 Å². The summed E-state index contributed by atoms with van der Waals surface area (Å²) in [5.41, 5.74) is 12.4. The minimum Gasteiger partial charge on any atom is -0.444 e. The first-order chi connectivity index (χ1) is 52.7. The lowest BCUT2D eigenvalue weighted by Crippen LogP contribution is -2.48. The fourth-order valence-electron chi connectivity index (χ4n) is 13.2. The van der Waals surface area contributed by atoms with Crippen molar-refractivity contribution in [3.63, 3.8) is 0 Å². The van der Waals surface area contributed by atoms with Gasteiger partial charge in [0.2, 0.25) is 5.95 Å². The summed E-state index contributed by atoms with van der Waals surface area (Å²) in [6.45, 7) is 50.4. The van der Waals surface area contributed by atoms with E-state index >= 15 is 0 Å². The first-order valence-electron chi connectivity index (χ1n) is 39.2. The van der Waals surface area contributed by atoms with E-state index in [-0.39, 0.29) is 66.7 Å². The lowest BCUT2D eigenvalue weighted by molar-refractivity contribution is -0.00225. The number of fused-ring (bicyclic) bond motifs is 6. The third-order valence-electron chi connectivity index (χ3n) is 18.0. The first kappa shape index (κ1) is 89.8. The van der Waals surface area contributed by atoms with Crippen LogP contribution in [0.5, 0.6) is 0 Å². The highest BCUT2D eigenvalue weighted by molar-refractivity contribution is 7.15. The van der Waals surface area contributed by atoms with Crippen LogP contribution in [0.15, 0.2) is 67.3 Å². The zero-order valence-electron chi connectivity index (χ0n) is 70.9. The molecule has 624 valence electrons. The van der Waals surface area contributed by atoms with E-state index in [0.717, 1.165) is 98.7 Å². The lowest BCUT2D eigenvalue weighted by Gasteiger charge is -2.41. The van der Waals surface area contributed by atoms with Gasteiger partial charge in [0, 0.05) is 93.2 Å². The van der Waals surface area contributed by atoms with Gasteiger partial charge in [0.25, 0.3) is 0 Å². The molecule has 4 N–H and O–H groups in total. The van der Waals surface area contributed by atoms with Gasteiger partial charge in [0.15, 0.2) is 5.13 Å².